The van der Waals surface area contributed by atoms with Crippen molar-refractivity contribution in [2.75, 3.05) is 0 Å². The largest absolute Gasteiger partial charge is 0.544 e. The first-order chi connectivity index (χ1) is 7.58. The predicted molar refractivity (Wildman–Crippen MR) is 61.4 cm³/mol. The zero-order chi connectivity index (χ0) is 11.7. The van der Waals surface area contributed by atoms with E-state index in [-0.39, 0.29) is 0 Å². The summed E-state index contributed by atoms with van der Waals surface area (Å²) in [6.45, 7) is 0. The van der Waals surface area contributed by atoms with Crippen LogP contribution in [0.1, 0.15) is 5.56 Å². The van der Waals surface area contributed by atoms with Gasteiger partial charge in [-0.15, -0.1) is 0 Å². The van der Waals surface area contributed by atoms with Gasteiger partial charge in [0, 0.05) is 28.0 Å². The molecule has 1 atom stereocenters. The second kappa shape index (κ2) is 4.27. The molecule has 0 radical (unpaired) electrons. The summed E-state index contributed by atoms with van der Waals surface area (Å²) in [5, 5.41) is 11.7. The summed E-state index contributed by atoms with van der Waals surface area (Å²) in [4.78, 5) is 13.7. The SMILES string of the molecule is [NH3+]C(Cc1c[nH]c2ccc(Br)cc12)C(=O)[O-]. The maximum atomic E-state index is 10.6. The van der Waals surface area contributed by atoms with E-state index in [1.807, 2.05) is 24.4 Å². The van der Waals surface area contributed by atoms with Crippen LogP contribution in [0.15, 0.2) is 28.9 Å². The van der Waals surface area contributed by atoms with E-state index in [1.54, 1.807) is 0 Å². The summed E-state index contributed by atoms with van der Waals surface area (Å²) in [6.07, 6.45) is 2.19. The number of benzene rings is 1. The second-order valence-corrected chi connectivity index (χ2v) is 4.64. The summed E-state index contributed by atoms with van der Waals surface area (Å²) in [5.74, 6) is -1.12. The van der Waals surface area contributed by atoms with E-state index >= 15 is 0 Å². The third-order valence-electron chi connectivity index (χ3n) is 2.53. The average molecular weight is 283 g/mol. The Morgan fingerprint density at radius 2 is 2.31 bits per heavy atom. The molecule has 1 unspecified atom stereocenters. The topological polar surface area (TPSA) is 83.6 Å². The van der Waals surface area contributed by atoms with Crippen molar-refractivity contribution in [3.63, 3.8) is 0 Å². The van der Waals surface area contributed by atoms with E-state index in [9.17, 15) is 9.90 Å². The molecule has 0 bridgehead atoms. The molecule has 0 saturated heterocycles. The molecule has 0 aliphatic rings. The normalized spacial score (nSPS) is 12.9. The molecule has 4 N–H and O–H groups in total. The Balaban J connectivity index is 2.37. The van der Waals surface area contributed by atoms with Gasteiger partial charge in [0.2, 0.25) is 0 Å². The number of quaternary nitrogens is 1. The number of hydrogen-bond donors (Lipinski definition) is 2. The van der Waals surface area contributed by atoms with Gasteiger partial charge in [-0.25, -0.2) is 0 Å². The molecule has 1 heterocycles. The highest BCUT2D eigenvalue weighted by Gasteiger charge is 2.12. The van der Waals surface area contributed by atoms with Crippen molar-refractivity contribution < 1.29 is 15.6 Å². The van der Waals surface area contributed by atoms with Crippen molar-refractivity contribution in [2.24, 2.45) is 0 Å². The number of carbonyl (C=O) groups excluding carboxylic acids is 1. The Morgan fingerprint density at radius 1 is 1.56 bits per heavy atom. The molecule has 84 valence electrons. The van der Waals surface area contributed by atoms with Crippen LogP contribution in [0, 0.1) is 0 Å². The van der Waals surface area contributed by atoms with Gasteiger partial charge in [-0.1, -0.05) is 15.9 Å². The highest BCUT2D eigenvalue weighted by Crippen LogP contribution is 2.23. The van der Waals surface area contributed by atoms with Gasteiger partial charge >= 0.3 is 0 Å². The molecule has 16 heavy (non-hydrogen) atoms. The molecule has 0 fully saturated rings. The number of nitrogens with one attached hydrogen (secondary N) is 1. The minimum absolute atomic E-state index is 0.374. The molecular weight excluding hydrogens is 272 g/mol. The molecule has 0 spiro atoms. The Kier molecular flexibility index (Phi) is 2.98. The minimum Gasteiger partial charge on any atom is -0.544 e. The fraction of sp³-hybridized carbons (Fsp3) is 0.182. The Labute approximate surface area is 101 Å². The fourth-order valence-electron chi connectivity index (χ4n) is 1.67. The van der Waals surface area contributed by atoms with Crippen molar-refractivity contribution in [3.05, 3.63) is 34.4 Å². The molecule has 1 aromatic carbocycles. The standard InChI is InChI=1S/C11H11BrN2O2/c12-7-1-2-10-8(4-7)6(5-14-10)3-9(13)11(15)16/h1-2,4-5,9,14H,3,13H2,(H,15,16). The van der Waals surface area contributed by atoms with Crippen LogP contribution in [-0.2, 0) is 11.2 Å². The maximum absolute atomic E-state index is 10.6. The number of H-pyrrole nitrogens is 1. The van der Waals surface area contributed by atoms with E-state index < -0.39 is 12.0 Å². The Hall–Kier alpha value is -1.33. The molecular formula is C11H11BrN2O2. The number of aromatic nitrogens is 1. The lowest BCUT2D eigenvalue weighted by molar-refractivity contribution is -0.436. The van der Waals surface area contributed by atoms with Crippen molar-refractivity contribution in [2.45, 2.75) is 12.5 Å². The van der Waals surface area contributed by atoms with Crippen LogP contribution in [0.25, 0.3) is 10.9 Å². The van der Waals surface area contributed by atoms with Gasteiger partial charge in [0.15, 0.2) is 0 Å². The summed E-state index contributed by atoms with van der Waals surface area (Å²) in [7, 11) is 0. The van der Waals surface area contributed by atoms with Gasteiger partial charge in [0.05, 0.1) is 5.97 Å². The summed E-state index contributed by atoms with van der Waals surface area (Å²) < 4.78 is 0.968. The van der Waals surface area contributed by atoms with Crippen LogP contribution in [0.4, 0.5) is 0 Å². The number of aromatic amines is 1. The average Bonchev–Trinajstić information content (AvgIpc) is 2.61. The number of aliphatic carboxylic acids is 1. The lowest BCUT2D eigenvalue weighted by atomic mass is 10.1. The monoisotopic (exact) mass is 282 g/mol. The first-order valence-corrected chi connectivity index (χ1v) is 5.66. The maximum Gasteiger partial charge on any atom is 0.129 e. The third kappa shape index (κ3) is 2.10. The van der Waals surface area contributed by atoms with Gasteiger partial charge in [0.1, 0.15) is 6.04 Å². The van der Waals surface area contributed by atoms with E-state index in [0.717, 1.165) is 20.9 Å². The molecule has 4 nitrogen and oxygen atoms in total. The number of carbonyl (C=O) groups is 1. The number of carboxylic acids is 1. The second-order valence-electron chi connectivity index (χ2n) is 3.72. The zero-order valence-corrected chi connectivity index (χ0v) is 10.1. The molecule has 2 aromatic rings. The minimum atomic E-state index is -1.12. The van der Waals surface area contributed by atoms with Crippen LogP contribution in [-0.4, -0.2) is 17.0 Å². The van der Waals surface area contributed by atoms with E-state index in [4.69, 9.17) is 0 Å². The summed E-state index contributed by atoms with van der Waals surface area (Å²) >= 11 is 3.39. The van der Waals surface area contributed by atoms with E-state index in [2.05, 4.69) is 26.6 Å². The Bertz CT molecular complexity index is 536. The van der Waals surface area contributed by atoms with Crippen molar-refractivity contribution in [1.82, 2.24) is 4.98 Å². The van der Waals surface area contributed by atoms with Gasteiger partial charge in [-0.05, 0) is 23.8 Å². The Morgan fingerprint density at radius 3 is 3.00 bits per heavy atom. The van der Waals surface area contributed by atoms with Crippen LogP contribution >= 0.6 is 15.9 Å². The van der Waals surface area contributed by atoms with Crippen LogP contribution in [0.3, 0.4) is 0 Å². The van der Waals surface area contributed by atoms with Crippen LogP contribution in [0.2, 0.25) is 0 Å². The van der Waals surface area contributed by atoms with Gasteiger partial charge in [0.25, 0.3) is 0 Å². The van der Waals surface area contributed by atoms with Gasteiger partial charge in [-0.2, -0.15) is 0 Å². The lowest BCUT2D eigenvalue weighted by Crippen LogP contribution is -2.69. The van der Waals surface area contributed by atoms with Gasteiger partial charge in [-0.3, -0.25) is 0 Å². The van der Waals surface area contributed by atoms with Crippen molar-refractivity contribution in [1.29, 1.82) is 0 Å². The highest BCUT2D eigenvalue weighted by molar-refractivity contribution is 9.10. The van der Waals surface area contributed by atoms with E-state index in [1.165, 1.54) is 0 Å². The molecule has 2 rings (SSSR count). The first-order valence-electron chi connectivity index (χ1n) is 4.87. The third-order valence-corrected chi connectivity index (χ3v) is 3.02. The molecule has 0 aliphatic carbocycles. The smallest absolute Gasteiger partial charge is 0.129 e. The predicted octanol–water partition coefficient (Wildman–Crippen LogP) is -0.167. The van der Waals surface area contributed by atoms with Crippen molar-refractivity contribution >= 4 is 32.8 Å². The quantitative estimate of drug-likeness (QED) is 0.820. The number of hydrogen-bond acceptors (Lipinski definition) is 2. The first kappa shape index (κ1) is 11.2. The molecule has 1 aromatic heterocycles. The molecule has 0 saturated carbocycles. The summed E-state index contributed by atoms with van der Waals surface area (Å²) in [5.41, 5.74) is 5.49. The van der Waals surface area contributed by atoms with Crippen LogP contribution < -0.4 is 10.8 Å². The molecule has 0 amide bonds. The highest BCUT2D eigenvalue weighted by atomic mass is 79.9. The number of carboxylic acid groups (broad SMARTS) is 1. The summed E-state index contributed by atoms with van der Waals surface area (Å²) in [6, 6.07) is 5.12. The fourth-order valence-corrected chi connectivity index (χ4v) is 2.03. The number of rotatable bonds is 3. The van der Waals surface area contributed by atoms with Gasteiger partial charge < -0.3 is 20.6 Å². The van der Waals surface area contributed by atoms with Crippen molar-refractivity contribution in [3.8, 4) is 0 Å². The lowest BCUT2D eigenvalue weighted by Gasteiger charge is -2.08. The molecule has 5 heteroatoms. The zero-order valence-electron chi connectivity index (χ0n) is 8.50. The number of halogens is 1. The van der Waals surface area contributed by atoms with E-state index in [0.29, 0.717) is 6.42 Å². The molecule has 0 aliphatic heterocycles. The number of fused-ring (bicyclic) bond motifs is 1. The van der Waals surface area contributed by atoms with Crippen LogP contribution in [0.5, 0.6) is 0 Å².